The first-order valence-electron chi connectivity index (χ1n) is 9.80. The van der Waals surface area contributed by atoms with E-state index >= 15 is 0 Å². The van der Waals surface area contributed by atoms with Gasteiger partial charge in [0.1, 0.15) is 11.5 Å². The largest absolute Gasteiger partial charge is 0.457 e. The first kappa shape index (κ1) is 18.5. The summed E-state index contributed by atoms with van der Waals surface area (Å²) in [6, 6.07) is 17.4. The van der Waals surface area contributed by atoms with Crippen molar-refractivity contribution in [2.45, 2.75) is 37.9 Å². The Balaban J connectivity index is 1.42. The Kier molecular flexibility index (Phi) is 5.58. The Bertz CT molecular complexity index is 836. The number of nitrogens with zero attached hydrogens (tertiary/aromatic N) is 1. The molecule has 1 heterocycles. The van der Waals surface area contributed by atoms with Gasteiger partial charge in [-0.25, -0.2) is 0 Å². The third-order valence-corrected chi connectivity index (χ3v) is 5.03. The summed E-state index contributed by atoms with van der Waals surface area (Å²) in [5.74, 6) is 1.42. The summed E-state index contributed by atoms with van der Waals surface area (Å²) in [4.78, 5) is 26.7. The number of amides is 2. The lowest BCUT2D eigenvalue weighted by molar-refractivity contribution is -0.134. The summed E-state index contributed by atoms with van der Waals surface area (Å²) in [5, 5.41) is 5.86. The van der Waals surface area contributed by atoms with E-state index in [2.05, 4.69) is 15.5 Å². The van der Waals surface area contributed by atoms with Crippen molar-refractivity contribution in [3.63, 3.8) is 0 Å². The van der Waals surface area contributed by atoms with Gasteiger partial charge in [-0.3, -0.25) is 14.5 Å². The van der Waals surface area contributed by atoms with Gasteiger partial charge in [-0.1, -0.05) is 30.3 Å². The van der Waals surface area contributed by atoms with E-state index in [9.17, 15) is 9.59 Å². The van der Waals surface area contributed by atoms with Crippen LogP contribution >= 0.6 is 0 Å². The van der Waals surface area contributed by atoms with Crippen LogP contribution in [-0.4, -0.2) is 41.9 Å². The molecule has 0 unspecified atom stereocenters. The number of carbonyl (C=O) groups is 2. The fourth-order valence-electron chi connectivity index (χ4n) is 3.43. The first-order chi connectivity index (χ1) is 13.7. The van der Waals surface area contributed by atoms with E-state index in [4.69, 9.17) is 4.74 Å². The molecule has 4 rings (SSSR count). The van der Waals surface area contributed by atoms with Crippen molar-refractivity contribution in [3.05, 3.63) is 60.2 Å². The maximum atomic E-state index is 12.4. The molecule has 2 fully saturated rings. The fourth-order valence-corrected chi connectivity index (χ4v) is 3.43. The molecule has 2 amide bonds. The van der Waals surface area contributed by atoms with E-state index in [1.54, 1.807) is 0 Å². The maximum Gasteiger partial charge on any atom is 0.237 e. The van der Waals surface area contributed by atoms with Crippen molar-refractivity contribution < 1.29 is 14.3 Å². The highest BCUT2D eigenvalue weighted by Crippen LogP contribution is 2.24. The molecule has 1 saturated carbocycles. The third-order valence-electron chi connectivity index (χ3n) is 5.03. The zero-order valence-electron chi connectivity index (χ0n) is 15.8. The van der Waals surface area contributed by atoms with Crippen LogP contribution in [0.25, 0.3) is 0 Å². The Morgan fingerprint density at radius 1 is 1.11 bits per heavy atom. The van der Waals surface area contributed by atoms with E-state index in [0.29, 0.717) is 19.1 Å². The molecule has 2 aromatic carbocycles. The number of carbonyl (C=O) groups excluding carboxylic acids is 2. The second-order valence-electron chi connectivity index (χ2n) is 7.39. The second-order valence-corrected chi connectivity index (χ2v) is 7.39. The number of rotatable bonds is 7. The molecule has 2 aromatic rings. The third kappa shape index (κ3) is 4.89. The lowest BCUT2D eigenvalue weighted by Gasteiger charge is -2.34. The maximum absolute atomic E-state index is 12.4. The summed E-state index contributed by atoms with van der Waals surface area (Å²) in [6.45, 7) is 1.91. The van der Waals surface area contributed by atoms with Gasteiger partial charge in [-0.2, -0.15) is 0 Å². The molecule has 0 aromatic heterocycles. The van der Waals surface area contributed by atoms with Gasteiger partial charge in [-0.05, 0) is 42.7 Å². The predicted molar refractivity (Wildman–Crippen MR) is 106 cm³/mol. The van der Waals surface area contributed by atoms with Gasteiger partial charge in [0.05, 0.1) is 12.5 Å². The van der Waals surface area contributed by atoms with E-state index < -0.39 is 6.04 Å². The molecule has 1 saturated heterocycles. The quantitative estimate of drug-likeness (QED) is 0.775. The van der Waals surface area contributed by atoms with E-state index in [0.717, 1.165) is 36.4 Å². The lowest BCUT2D eigenvalue weighted by Crippen LogP contribution is -2.56. The average Bonchev–Trinajstić information content (AvgIpc) is 3.50. The molecule has 2 N–H and O–H groups in total. The topological polar surface area (TPSA) is 70.7 Å². The highest BCUT2D eigenvalue weighted by molar-refractivity contribution is 5.89. The molecule has 146 valence electrons. The molecule has 6 nitrogen and oxygen atoms in total. The molecule has 0 spiro atoms. The number of piperazine rings is 1. The standard InChI is InChI=1S/C22H25N3O3/c26-21(24-17-9-10-17)14-20-22(27)23-11-12-25(20)15-16-5-4-8-19(13-16)28-18-6-2-1-3-7-18/h1-8,13,17,20H,9-12,14-15H2,(H,23,27)(H,24,26)/t20-/m0/s1. The number of hydrogen-bond acceptors (Lipinski definition) is 4. The molecule has 28 heavy (non-hydrogen) atoms. The van der Waals surface area contributed by atoms with Crippen molar-refractivity contribution in [1.82, 2.24) is 15.5 Å². The van der Waals surface area contributed by atoms with Crippen molar-refractivity contribution in [2.24, 2.45) is 0 Å². The van der Waals surface area contributed by atoms with Crippen LogP contribution in [0.3, 0.4) is 0 Å². The predicted octanol–water partition coefficient (Wildman–Crippen LogP) is 2.45. The highest BCUT2D eigenvalue weighted by atomic mass is 16.5. The molecular weight excluding hydrogens is 354 g/mol. The Morgan fingerprint density at radius 3 is 2.68 bits per heavy atom. The van der Waals surface area contributed by atoms with Crippen molar-refractivity contribution in [2.75, 3.05) is 13.1 Å². The van der Waals surface area contributed by atoms with Gasteiger partial charge in [0.15, 0.2) is 0 Å². The number of para-hydroxylation sites is 1. The summed E-state index contributed by atoms with van der Waals surface area (Å²) in [5.41, 5.74) is 1.05. The summed E-state index contributed by atoms with van der Waals surface area (Å²) in [7, 11) is 0. The Morgan fingerprint density at radius 2 is 1.89 bits per heavy atom. The van der Waals surface area contributed by atoms with Crippen molar-refractivity contribution in [3.8, 4) is 11.5 Å². The molecule has 2 aliphatic rings. The van der Waals surface area contributed by atoms with Crippen LogP contribution < -0.4 is 15.4 Å². The van der Waals surface area contributed by atoms with Gasteiger partial charge < -0.3 is 15.4 Å². The monoisotopic (exact) mass is 379 g/mol. The second kappa shape index (κ2) is 8.44. The van der Waals surface area contributed by atoms with Crippen LogP contribution in [0, 0.1) is 0 Å². The molecular formula is C22H25N3O3. The van der Waals surface area contributed by atoms with E-state index in [-0.39, 0.29) is 18.2 Å². The van der Waals surface area contributed by atoms with Crippen molar-refractivity contribution in [1.29, 1.82) is 0 Å². The van der Waals surface area contributed by atoms with Crippen LogP contribution in [0.1, 0.15) is 24.8 Å². The molecule has 1 atom stereocenters. The minimum atomic E-state index is -0.439. The summed E-state index contributed by atoms with van der Waals surface area (Å²) in [6.07, 6.45) is 2.28. The summed E-state index contributed by atoms with van der Waals surface area (Å²) < 4.78 is 5.91. The molecule has 1 aliphatic carbocycles. The van der Waals surface area contributed by atoms with E-state index in [1.165, 1.54) is 0 Å². The number of nitrogens with one attached hydrogen (secondary N) is 2. The van der Waals surface area contributed by atoms with Crippen LogP contribution in [0.2, 0.25) is 0 Å². The molecule has 0 radical (unpaired) electrons. The zero-order chi connectivity index (χ0) is 19.3. The first-order valence-corrected chi connectivity index (χ1v) is 9.80. The van der Waals surface area contributed by atoms with Gasteiger partial charge in [0, 0.05) is 25.7 Å². The van der Waals surface area contributed by atoms with Crippen LogP contribution in [0.5, 0.6) is 11.5 Å². The fraction of sp³-hybridized carbons (Fsp3) is 0.364. The van der Waals surface area contributed by atoms with Gasteiger partial charge in [-0.15, -0.1) is 0 Å². The zero-order valence-corrected chi connectivity index (χ0v) is 15.8. The normalized spacial score (nSPS) is 19.7. The number of ether oxygens (including phenoxy) is 1. The Hall–Kier alpha value is -2.86. The Labute approximate surface area is 164 Å². The number of hydrogen-bond donors (Lipinski definition) is 2. The lowest BCUT2D eigenvalue weighted by atomic mass is 10.1. The van der Waals surface area contributed by atoms with Crippen molar-refractivity contribution >= 4 is 11.8 Å². The van der Waals surface area contributed by atoms with E-state index in [1.807, 2.05) is 54.6 Å². The van der Waals surface area contributed by atoms with Crippen LogP contribution in [0.15, 0.2) is 54.6 Å². The molecule has 6 heteroatoms. The van der Waals surface area contributed by atoms with Crippen LogP contribution in [-0.2, 0) is 16.1 Å². The average molecular weight is 379 g/mol. The van der Waals surface area contributed by atoms with Gasteiger partial charge in [0.2, 0.25) is 11.8 Å². The molecule has 0 bridgehead atoms. The smallest absolute Gasteiger partial charge is 0.237 e. The van der Waals surface area contributed by atoms with Gasteiger partial charge in [0.25, 0.3) is 0 Å². The molecule has 1 aliphatic heterocycles. The number of benzene rings is 2. The SMILES string of the molecule is O=C(C[C@H]1C(=O)NCCN1Cc1cccc(Oc2ccccc2)c1)NC1CC1. The minimum Gasteiger partial charge on any atom is -0.457 e. The summed E-state index contributed by atoms with van der Waals surface area (Å²) >= 11 is 0. The minimum absolute atomic E-state index is 0.0456. The van der Waals surface area contributed by atoms with Crippen LogP contribution in [0.4, 0.5) is 0 Å². The van der Waals surface area contributed by atoms with Gasteiger partial charge >= 0.3 is 0 Å². The highest BCUT2D eigenvalue weighted by Gasteiger charge is 2.33.